The Bertz CT molecular complexity index is 1060. The second-order valence-corrected chi connectivity index (χ2v) is 7.46. The van der Waals surface area contributed by atoms with E-state index in [2.05, 4.69) is 36.2 Å². The minimum atomic E-state index is -0.297. The highest BCUT2D eigenvalue weighted by atomic mass is 19.1. The van der Waals surface area contributed by atoms with Crippen molar-refractivity contribution in [3.8, 4) is 0 Å². The highest BCUT2D eigenvalue weighted by molar-refractivity contribution is 5.93. The van der Waals surface area contributed by atoms with Crippen LogP contribution in [0.25, 0.3) is 5.65 Å². The van der Waals surface area contributed by atoms with Crippen LogP contribution in [0.3, 0.4) is 0 Å². The fourth-order valence-corrected chi connectivity index (χ4v) is 4.04. The zero-order chi connectivity index (χ0) is 19.8. The summed E-state index contributed by atoms with van der Waals surface area (Å²) >= 11 is 0. The third-order valence-corrected chi connectivity index (χ3v) is 5.71. The molecule has 0 bridgehead atoms. The molecule has 1 amide bonds. The lowest BCUT2D eigenvalue weighted by Crippen LogP contribution is -2.39. The molecule has 10 heteroatoms. The topological polar surface area (TPSA) is 100 Å². The normalized spacial score (nSPS) is 17.3. The average molecular weight is 396 g/mol. The Kier molecular flexibility index (Phi) is 4.55. The van der Waals surface area contributed by atoms with Gasteiger partial charge in [0.15, 0.2) is 11.5 Å². The SMILES string of the molecule is O=C(Nc1ccc2c(c1F)CCNC2)C1CCN(c2ccc3nnnn3n2)CC1. The summed E-state index contributed by atoms with van der Waals surface area (Å²) < 4.78 is 16.2. The first-order chi connectivity index (χ1) is 14.2. The van der Waals surface area contributed by atoms with Crippen LogP contribution >= 0.6 is 0 Å². The van der Waals surface area contributed by atoms with Gasteiger partial charge in [-0.3, -0.25) is 4.79 Å². The molecule has 4 heterocycles. The number of carbonyl (C=O) groups is 1. The number of nitrogens with zero attached hydrogens (tertiary/aromatic N) is 6. The lowest BCUT2D eigenvalue weighted by Gasteiger charge is -2.32. The van der Waals surface area contributed by atoms with Gasteiger partial charge in [0.05, 0.1) is 5.69 Å². The van der Waals surface area contributed by atoms with E-state index in [1.54, 1.807) is 6.07 Å². The molecule has 0 spiro atoms. The van der Waals surface area contributed by atoms with E-state index in [0.29, 0.717) is 50.1 Å². The smallest absolute Gasteiger partial charge is 0.227 e. The van der Waals surface area contributed by atoms with Crippen LogP contribution in [0.5, 0.6) is 0 Å². The molecule has 0 aliphatic carbocycles. The molecule has 2 aromatic heterocycles. The quantitative estimate of drug-likeness (QED) is 0.685. The summed E-state index contributed by atoms with van der Waals surface area (Å²) in [4.78, 5) is 14.8. The number of rotatable bonds is 3. The number of hydrogen-bond acceptors (Lipinski definition) is 7. The first kappa shape index (κ1) is 17.9. The second kappa shape index (κ2) is 7.36. The molecular weight excluding hydrogens is 375 g/mol. The van der Waals surface area contributed by atoms with Gasteiger partial charge in [0, 0.05) is 25.6 Å². The van der Waals surface area contributed by atoms with Crippen molar-refractivity contribution < 1.29 is 9.18 Å². The summed E-state index contributed by atoms with van der Waals surface area (Å²) in [7, 11) is 0. The predicted molar refractivity (Wildman–Crippen MR) is 104 cm³/mol. The molecule has 2 aliphatic rings. The van der Waals surface area contributed by atoms with E-state index in [4.69, 9.17) is 0 Å². The van der Waals surface area contributed by atoms with Crippen molar-refractivity contribution in [3.63, 3.8) is 0 Å². The summed E-state index contributed by atoms with van der Waals surface area (Å²) in [6, 6.07) is 7.25. The van der Waals surface area contributed by atoms with Crippen molar-refractivity contribution in [2.75, 3.05) is 29.9 Å². The van der Waals surface area contributed by atoms with E-state index in [1.165, 1.54) is 4.63 Å². The van der Waals surface area contributed by atoms with Crippen LogP contribution in [0.2, 0.25) is 0 Å². The number of nitrogens with one attached hydrogen (secondary N) is 2. The first-order valence-corrected chi connectivity index (χ1v) is 9.81. The monoisotopic (exact) mass is 396 g/mol. The van der Waals surface area contributed by atoms with Gasteiger partial charge in [-0.1, -0.05) is 6.07 Å². The number of tetrazole rings is 1. The van der Waals surface area contributed by atoms with Gasteiger partial charge in [0.25, 0.3) is 0 Å². The number of benzene rings is 1. The van der Waals surface area contributed by atoms with E-state index in [-0.39, 0.29) is 23.3 Å². The number of piperidine rings is 1. The Morgan fingerprint density at radius 3 is 2.93 bits per heavy atom. The van der Waals surface area contributed by atoms with E-state index in [1.807, 2.05) is 18.2 Å². The summed E-state index contributed by atoms with van der Waals surface area (Å²) in [5.41, 5.74) is 2.54. The van der Waals surface area contributed by atoms with Crippen LogP contribution in [0.1, 0.15) is 24.0 Å². The van der Waals surface area contributed by atoms with Crippen molar-refractivity contribution in [2.45, 2.75) is 25.8 Å². The highest BCUT2D eigenvalue weighted by Crippen LogP contribution is 2.27. The molecule has 1 aromatic carbocycles. The molecule has 150 valence electrons. The zero-order valence-electron chi connectivity index (χ0n) is 15.8. The Morgan fingerprint density at radius 1 is 1.21 bits per heavy atom. The number of hydrogen-bond donors (Lipinski definition) is 2. The second-order valence-electron chi connectivity index (χ2n) is 7.46. The highest BCUT2D eigenvalue weighted by Gasteiger charge is 2.27. The summed E-state index contributed by atoms with van der Waals surface area (Å²) in [5, 5.41) is 21.7. The molecule has 2 aliphatic heterocycles. The van der Waals surface area contributed by atoms with Crippen molar-refractivity contribution in [1.29, 1.82) is 0 Å². The number of anilines is 2. The molecule has 0 radical (unpaired) electrons. The third-order valence-electron chi connectivity index (χ3n) is 5.71. The maximum Gasteiger partial charge on any atom is 0.227 e. The van der Waals surface area contributed by atoms with Crippen molar-refractivity contribution in [1.82, 2.24) is 30.6 Å². The summed E-state index contributed by atoms with van der Waals surface area (Å²) in [6.45, 7) is 2.81. The molecule has 2 N–H and O–H groups in total. The van der Waals surface area contributed by atoms with Crippen LogP contribution < -0.4 is 15.5 Å². The van der Waals surface area contributed by atoms with Gasteiger partial charge in [0.1, 0.15) is 5.82 Å². The van der Waals surface area contributed by atoms with Gasteiger partial charge in [0.2, 0.25) is 5.91 Å². The van der Waals surface area contributed by atoms with Gasteiger partial charge < -0.3 is 15.5 Å². The largest absolute Gasteiger partial charge is 0.355 e. The molecule has 9 nitrogen and oxygen atoms in total. The lowest BCUT2D eigenvalue weighted by molar-refractivity contribution is -0.120. The molecule has 29 heavy (non-hydrogen) atoms. The van der Waals surface area contributed by atoms with Crippen LogP contribution in [0, 0.1) is 11.7 Å². The number of carbonyl (C=O) groups excluding carboxylic acids is 1. The first-order valence-electron chi connectivity index (χ1n) is 9.81. The Balaban J connectivity index is 1.23. The Labute approximate surface area is 166 Å². The minimum Gasteiger partial charge on any atom is -0.355 e. The van der Waals surface area contributed by atoms with E-state index >= 15 is 0 Å². The molecule has 5 rings (SSSR count). The number of fused-ring (bicyclic) bond motifs is 2. The van der Waals surface area contributed by atoms with Crippen molar-refractivity contribution >= 4 is 23.1 Å². The number of aromatic nitrogens is 5. The maximum atomic E-state index is 14.8. The molecule has 1 saturated heterocycles. The van der Waals surface area contributed by atoms with Crippen LogP contribution in [0.4, 0.5) is 15.9 Å². The molecule has 3 aromatic rings. The van der Waals surface area contributed by atoms with Crippen LogP contribution in [-0.4, -0.2) is 50.8 Å². The van der Waals surface area contributed by atoms with Gasteiger partial charge in [-0.05, 0) is 65.6 Å². The van der Waals surface area contributed by atoms with Gasteiger partial charge in [-0.15, -0.1) is 14.8 Å². The fourth-order valence-electron chi connectivity index (χ4n) is 4.04. The molecule has 0 saturated carbocycles. The predicted octanol–water partition coefficient (Wildman–Crippen LogP) is 1.16. The molecule has 1 fully saturated rings. The molecule has 0 atom stereocenters. The lowest BCUT2D eigenvalue weighted by atomic mass is 9.95. The summed E-state index contributed by atoms with van der Waals surface area (Å²) in [5.74, 6) is 0.202. The van der Waals surface area contributed by atoms with Crippen LogP contribution in [-0.2, 0) is 17.8 Å². The Hall–Kier alpha value is -3.14. The third kappa shape index (κ3) is 3.39. The van der Waals surface area contributed by atoms with Crippen molar-refractivity contribution in [2.24, 2.45) is 5.92 Å². The van der Waals surface area contributed by atoms with E-state index in [9.17, 15) is 9.18 Å². The minimum absolute atomic E-state index is 0.124. The average Bonchev–Trinajstić information content (AvgIpc) is 3.24. The number of amides is 1. The van der Waals surface area contributed by atoms with E-state index in [0.717, 1.165) is 17.9 Å². The van der Waals surface area contributed by atoms with Crippen LogP contribution in [0.15, 0.2) is 24.3 Å². The standard InChI is InChI=1S/C19H21FN8O/c20-18-14-5-8-21-11-13(14)1-2-15(18)22-19(29)12-6-9-27(10-7-12)17-4-3-16-23-25-26-28(16)24-17/h1-4,12,21H,5-11H2,(H,22,29). The van der Waals surface area contributed by atoms with Gasteiger partial charge in [-0.2, -0.15) is 0 Å². The zero-order valence-corrected chi connectivity index (χ0v) is 15.8. The van der Waals surface area contributed by atoms with Crippen molar-refractivity contribution in [3.05, 3.63) is 41.2 Å². The maximum absolute atomic E-state index is 14.8. The van der Waals surface area contributed by atoms with Gasteiger partial charge >= 0.3 is 0 Å². The fraction of sp³-hybridized carbons (Fsp3) is 0.421. The molecule has 0 unspecified atom stereocenters. The summed E-state index contributed by atoms with van der Waals surface area (Å²) in [6.07, 6.45) is 2.00. The number of halogens is 1. The Morgan fingerprint density at radius 2 is 2.07 bits per heavy atom. The van der Waals surface area contributed by atoms with Gasteiger partial charge in [-0.25, -0.2) is 4.39 Å². The van der Waals surface area contributed by atoms with E-state index < -0.39 is 0 Å². The molecular formula is C19H21FN8O.